The van der Waals surface area contributed by atoms with Gasteiger partial charge in [-0.25, -0.2) is 0 Å². The fourth-order valence-electron chi connectivity index (χ4n) is 2.50. The molecule has 3 N–H and O–H groups in total. The minimum Gasteiger partial charge on any atom is -0.360 e. The van der Waals surface area contributed by atoms with Crippen LogP contribution in [0.15, 0.2) is 52.2 Å². The van der Waals surface area contributed by atoms with Crippen LogP contribution in [0.1, 0.15) is 24.3 Å². The maximum atomic E-state index is 12.7. The van der Waals surface area contributed by atoms with Gasteiger partial charge in [0.15, 0.2) is 10.9 Å². The van der Waals surface area contributed by atoms with Gasteiger partial charge in [0.25, 0.3) is 5.91 Å². The molecule has 1 aliphatic heterocycles. The summed E-state index contributed by atoms with van der Waals surface area (Å²) < 4.78 is 4.98. The maximum Gasteiger partial charge on any atom is 0.257 e. The Morgan fingerprint density at radius 2 is 2.04 bits per heavy atom. The number of amides is 1. The number of benzene rings is 1. The molecular formula is C16H16N4O2S. The zero-order valence-corrected chi connectivity index (χ0v) is 13.5. The van der Waals surface area contributed by atoms with Gasteiger partial charge in [0, 0.05) is 11.8 Å². The summed E-state index contributed by atoms with van der Waals surface area (Å²) in [4.78, 5) is 12.7. The van der Waals surface area contributed by atoms with Crippen LogP contribution in [-0.4, -0.2) is 16.2 Å². The van der Waals surface area contributed by atoms with E-state index in [0.717, 1.165) is 5.56 Å². The van der Waals surface area contributed by atoms with Crippen molar-refractivity contribution in [2.75, 3.05) is 5.32 Å². The van der Waals surface area contributed by atoms with Gasteiger partial charge < -0.3 is 20.5 Å². The number of hydrogen-bond acceptors (Lipinski definition) is 4. The second-order valence-electron chi connectivity index (χ2n) is 5.26. The Morgan fingerprint density at radius 3 is 2.70 bits per heavy atom. The summed E-state index contributed by atoms with van der Waals surface area (Å²) in [5.41, 5.74) is 2.22. The summed E-state index contributed by atoms with van der Waals surface area (Å²) in [6.45, 7) is 3.59. The average molecular weight is 328 g/mol. The predicted octanol–water partition coefficient (Wildman–Crippen LogP) is 2.41. The summed E-state index contributed by atoms with van der Waals surface area (Å²) in [6, 6.07) is 11.0. The van der Waals surface area contributed by atoms with E-state index in [1.54, 1.807) is 13.0 Å². The van der Waals surface area contributed by atoms with Crippen LogP contribution >= 0.6 is 12.2 Å². The third-order valence-corrected chi connectivity index (χ3v) is 3.74. The number of aromatic nitrogens is 1. The second kappa shape index (κ2) is 6.21. The second-order valence-corrected chi connectivity index (χ2v) is 5.67. The first-order valence-electron chi connectivity index (χ1n) is 7.12. The molecule has 6 nitrogen and oxygen atoms in total. The molecule has 0 saturated heterocycles. The Hall–Kier alpha value is -2.67. The quantitative estimate of drug-likeness (QED) is 0.751. The maximum absolute atomic E-state index is 12.7. The van der Waals surface area contributed by atoms with E-state index in [4.69, 9.17) is 16.7 Å². The summed E-state index contributed by atoms with van der Waals surface area (Å²) in [7, 11) is 0. The number of nitrogens with zero attached hydrogens (tertiary/aromatic N) is 1. The standard InChI is InChI=1S/C16H16N4O2S/c1-9-8-12(20-22-9)18-15(21)13-10(2)17-16(23)19-14(13)11-6-4-3-5-7-11/h3-8,14H,1-2H3,(H2,17,19,23)(H,18,20,21). The van der Waals surface area contributed by atoms with Crippen molar-refractivity contribution < 1.29 is 9.32 Å². The number of rotatable bonds is 3. The number of carbonyl (C=O) groups is 1. The van der Waals surface area contributed by atoms with Gasteiger partial charge in [0.2, 0.25) is 0 Å². The number of allylic oxidation sites excluding steroid dienone is 1. The molecule has 0 aliphatic carbocycles. The molecule has 1 atom stereocenters. The molecular weight excluding hydrogens is 312 g/mol. The monoisotopic (exact) mass is 328 g/mol. The fraction of sp³-hybridized carbons (Fsp3) is 0.188. The van der Waals surface area contributed by atoms with Crippen LogP contribution in [0, 0.1) is 6.92 Å². The molecule has 1 aliphatic rings. The van der Waals surface area contributed by atoms with E-state index in [-0.39, 0.29) is 11.9 Å². The van der Waals surface area contributed by atoms with Crippen LogP contribution in [0.3, 0.4) is 0 Å². The van der Waals surface area contributed by atoms with Gasteiger partial charge in [0.1, 0.15) is 5.76 Å². The molecule has 0 fully saturated rings. The molecule has 3 rings (SSSR count). The van der Waals surface area contributed by atoms with Crippen molar-refractivity contribution in [3.63, 3.8) is 0 Å². The van der Waals surface area contributed by atoms with Crippen molar-refractivity contribution in [3.8, 4) is 0 Å². The summed E-state index contributed by atoms with van der Waals surface area (Å²) in [6.07, 6.45) is 0. The van der Waals surface area contributed by atoms with Gasteiger partial charge in [-0.15, -0.1) is 0 Å². The Bertz CT molecular complexity index is 782. The molecule has 0 bridgehead atoms. The number of nitrogens with one attached hydrogen (secondary N) is 3. The highest BCUT2D eigenvalue weighted by atomic mass is 32.1. The van der Waals surface area contributed by atoms with Crippen molar-refractivity contribution in [3.05, 3.63) is 59.0 Å². The van der Waals surface area contributed by atoms with Gasteiger partial charge in [0.05, 0.1) is 11.6 Å². The summed E-state index contributed by atoms with van der Waals surface area (Å²) >= 11 is 5.22. The molecule has 1 aromatic carbocycles. The number of carbonyl (C=O) groups excluding carboxylic acids is 1. The van der Waals surface area contributed by atoms with Crippen LogP contribution in [0.4, 0.5) is 5.82 Å². The number of aryl methyl sites for hydroxylation is 1. The van der Waals surface area contributed by atoms with Crippen LogP contribution in [0.5, 0.6) is 0 Å². The summed E-state index contributed by atoms with van der Waals surface area (Å²) in [5.74, 6) is 0.756. The van der Waals surface area contributed by atoms with E-state index in [2.05, 4.69) is 21.1 Å². The predicted molar refractivity (Wildman–Crippen MR) is 90.6 cm³/mol. The van der Waals surface area contributed by atoms with Crippen LogP contribution in [-0.2, 0) is 4.79 Å². The molecule has 0 spiro atoms. The van der Waals surface area contributed by atoms with Crippen LogP contribution in [0.2, 0.25) is 0 Å². The molecule has 23 heavy (non-hydrogen) atoms. The normalized spacial score (nSPS) is 17.5. The van der Waals surface area contributed by atoms with Crippen molar-refractivity contribution >= 4 is 29.1 Å². The highest BCUT2D eigenvalue weighted by Gasteiger charge is 2.30. The van der Waals surface area contributed by atoms with Crippen molar-refractivity contribution in [2.24, 2.45) is 0 Å². The van der Waals surface area contributed by atoms with Gasteiger partial charge in [-0.2, -0.15) is 0 Å². The highest BCUT2D eigenvalue weighted by Crippen LogP contribution is 2.27. The third kappa shape index (κ3) is 3.24. The van der Waals surface area contributed by atoms with E-state index < -0.39 is 0 Å². The molecule has 1 unspecified atom stereocenters. The summed E-state index contributed by atoms with van der Waals surface area (Å²) in [5, 5.41) is 13.2. The molecule has 2 aromatic rings. The lowest BCUT2D eigenvalue weighted by molar-refractivity contribution is -0.113. The van der Waals surface area contributed by atoms with Gasteiger partial charge in [-0.1, -0.05) is 35.5 Å². The number of hydrogen-bond donors (Lipinski definition) is 3. The lowest BCUT2D eigenvalue weighted by atomic mass is 9.95. The first kappa shape index (κ1) is 15.2. The van der Waals surface area contributed by atoms with E-state index >= 15 is 0 Å². The average Bonchev–Trinajstić information content (AvgIpc) is 2.92. The van der Waals surface area contributed by atoms with E-state index in [9.17, 15) is 4.79 Å². The van der Waals surface area contributed by atoms with Gasteiger partial charge in [-0.05, 0) is 31.6 Å². The highest BCUT2D eigenvalue weighted by molar-refractivity contribution is 7.80. The zero-order chi connectivity index (χ0) is 16.4. The minimum atomic E-state index is -0.321. The first-order chi connectivity index (χ1) is 11.0. The molecule has 118 valence electrons. The lowest BCUT2D eigenvalue weighted by Gasteiger charge is -2.30. The molecule has 0 radical (unpaired) electrons. The van der Waals surface area contributed by atoms with E-state index in [0.29, 0.717) is 28.0 Å². The fourth-order valence-corrected chi connectivity index (χ4v) is 2.77. The van der Waals surface area contributed by atoms with E-state index in [1.165, 1.54) is 0 Å². The zero-order valence-electron chi connectivity index (χ0n) is 12.7. The first-order valence-corrected chi connectivity index (χ1v) is 7.53. The third-order valence-electron chi connectivity index (χ3n) is 3.52. The van der Waals surface area contributed by atoms with Crippen molar-refractivity contribution in [2.45, 2.75) is 19.9 Å². The Labute approximate surface area is 138 Å². The molecule has 1 aromatic heterocycles. The topological polar surface area (TPSA) is 79.2 Å². The number of thiocarbonyl (C=S) groups is 1. The molecule has 7 heteroatoms. The van der Waals surface area contributed by atoms with Crippen molar-refractivity contribution in [1.82, 2.24) is 15.8 Å². The van der Waals surface area contributed by atoms with Crippen LogP contribution < -0.4 is 16.0 Å². The Morgan fingerprint density at radius 1 is 1.30 bits per heavy atom. The smallest absolute Gasteiger partial charge is 0.257 e. The van der Waals surface area contributed by atoms with Crippen molar-refractivity contribution in [1.29, 1.82) is 0 Å². The molecule has 2 heterocycles. The Balaban J connectivity index is 1.93. The van der Waals surface area contributed by atoms with E-state index in [1.807, 2.05) is 37.3 Å². The van der Waals surface area contributed by atoms with Gasteiger partial charge in [-0.3, -0.25) is 4.79 Å². The largest absolute Gasteiger partial charge is 0.360 e. The minimum absolute atomic E-state index is 0.257. The number of anilines is 1. The SMILES string of the molecule is CC1=C(C(=O)Nc2cc(C)on2)C(c2ccccc2)NC(=S)N1. The van der Waals surface area contributed by atoms with Crippen LogP contribution in [0.25, 0.3) is 0 Å². The molecule has 1 amide bonds. The van der Waals surface area contributed by atoms with Gasteiger partial charge >= 0.3 is 0 Å². The Kier molecular flexibility index (Phi) is 4.12. The molecule has 0 saturated carbocycles. The lowest BCUT2D eigenvalue weighted by Crippen LogP contribution is -2.45.